The molecule has 0 aliphatic rings. The number of methoxy groups -OCH3 is 1. The van der Waals surface area contributed by atoms with E-state index in [-0.39, 0.29) is 0 Å². The molecule has 0 saturated heterocycles. The van der Waals surface area contributed by atoms with Crippen molar-refractivity contribution in [2.24, 2.45) is 0 Å². The molecule has 0 amide bonds. The van der Waals surface area contributed by atoms with Crippen molar-refractivity contribution in [2.45, 2.75) is 6.42 Å². The van der Waals surface area contributed by atoms with E-state index < -0.39 is 0 Å². The summed E-state index contributed by atoms with van der Waals surface area (Å²) >= 11 is 0. The van der Waals surface area contributed by atoms with Crippen LogP contribution in [0, 0.1) is 0 Å². The number of rotatable bonds is 4. The Morgan fingerprint density at radius 2 is 2.18 bits per heavy atom. The second kappa shape index (κ2) is 5.25. The minimum atomic E-state index is 0.578. The third-order valence-corrected chi connectivity index (χ3v) is 2.55. The molecule has 0 saturated carbocycles. The van der Waals surface area contributed by atoms with Crippen LogP contribution in [0.3, 0.4) is 0 Å². The lowest BCUT2D eigenvalue weighted by Gasteiger charge is -2.06. The van der Waals surface area contributed by atoms with Crippen LogP contribution in [0.15, 0.2) is 42.7 Å². The van der Waals surface area contributed by atoms with Crippen LogP contribution in [0.1, 0.15) is 21.5 Å². The largest absolute Gasteiger partial charge is 0.496 e. The molecule has 0 unspecified atom stereocenters. The van der Waals surface area contributed by atoms with Crippen molar-refractivity contribution in [1.82, 2.24) is 4.98 Å². The molecule has 17 heavy (non-hydrogen) atoms. The molecular formula is C14H13NO2. The standard InChI is InChI=1S/C14H13NO2/c1-17-14-5-4-11(8-13(14)10-16)7-12-3-2-6-15-9-12/h2-6,8-10H,7H2,1H3. The molecular weight excluding hydrogens is 214 g/mol. The van der Waals surface area contributed by atoms with Crippen LogP contribution in [0.5, 0.6) is 5.75 Å². The summed E-state index contributed by atoms with van der Waals surface area (Å²) in [6, 6.07) is 9.53. The highest BCUT2D eigenvalue weighted by Crippen LogP contribution is 2.19. The number of aromatic nitrogens is 1. The van der Waals surface area contributed by atoms with Crippen molar-refractivity contribution in [3.8, 4) is 5.75 Å². The summed E-state index contributed by atoms with van der Waals surface area (Å²) in [6.45, 7) is 0. The first-order chi connectivity index (χ1) is 8.33. The van der Waals surface area contributed by atoms with E-state index in [0.717, 1.165) is 23.8 Å². The van der Waals surface area contributed by atoms with Gasteiger partial charge in [0.15, 0.2) is 6.29 Å². The van der Waals surface area contributed by atoms with Gasteiger partial charge in [-0.3, -0.25) is 9.78 Å². The third-order valence-electron chi connectivity index (χ3n) is 2.55. The molecule has 0 atom stereocenters. The first-order valence-corrected chi connectivity index (χ1v) is 5.34. The number of pyridine rings is 1. The van der Waals surface area contributed by atoms with Gasteiger partial charge in [0.25, 0.3) is 0 Å². The van der Waals surface area contributed by atoms with E-state index in [1.807, 2.05) is 36.5 Å². The first kappa shape index (κ1) is 11.3. The molecule has 0 N–H and O–H groups in total. The molecule has 86 valence electrons. The minimum absolute atomic E-state index is 0.578. The number of carbonyl (C=O) groups is 1. The summed E-state index contributed by atoms with van der Waals surface area (Å²) in [5.74, 6) is 0.606. The fourth-order valence-electron chi connectivity index (χ4n) is 1.72. The summed E-state index contributed by atoms with van der Waals surface area (Å²) in [5.41, 5.74) is 2.77. The predicted octanol–water partition coefficient (Wildman–Crippen LogP) is 2.49. The van der Waals surface area contributed by atoms with Crippen LogP contribution in [0.2, 0.25) is 0 Å². The number of hydrogen-bond donors (Lipinski definition) is 0. The molecule has 1 aromatic carbocycles. The first-order valence-electron chi connectivity index (χ1n) is 5.34. The number of carbonyl (C=O) groups excluding carboxylic acids is 1. The number of hydrogen-bond acceptors (Lipinski definition) is 3. The second-order valence-electron chi connectivity index (χ2n) is 3.73. The lowest BCUT2D eigenvalue weighted by atomic mass is 10.0. The third kappa shape index (κ3) is 2.69. The maximum Gasteiger partial charge on any atom is 0.153 e. The van der Waals surface area contributed by atoms with Crippen molar-refractivity contribution in [2.75, 3.05) is 7.11 Å². The highest BCUT2D eigenvalue weighted by molar-refractivity contribution is 5.79. The van der Waals surface area contributed by atoms with E-state index in [1.54, 1.807) is 13.3 Å². The van der Waals surface area contributed by atoms with E-state index in [2.05, 4.69) is 4.98 Å². The molecule has 1 aromatic heterocycles. The Labute approximate surface area is 100 Å². The average Bonchev–Trinajstić information content (AvgIpc) is 2.40. The Morgan fingerprint density at radius 1 is 1.29 bits per heavy atom. The Balaban J connectivity index is 2.25. The second-order valence-corrected chi connectivity index (χ2v) is 3.73. The Kier molecular flexibility index (Phi) is 3.50. The van der Waals surface area contributed by atoms with E-state index in [4.69, 9.17) is 4.74 Å². The Morgan fingerprint density at radius 3 is 2.82 bits per heavy atom. The van der Waals surface area contributed by atoms with Crippen molar-refractivity contribution in [3.05, 3.63) is 59.4 Å². The summed E-state index contributed by atoms with van der Waals surface area (Å²) in [7, 11) is 1.56. The average molecular weight is 227 g/mol. The van der Waals surface area contributed by atoms with Crippen molar-refractivity contribution >= 4 is 6.29 Å². The van der Waals surface area contributed by atoms with Gasteiger partial charge in [-0.15, -0.1) is 0 Å². The van der Waals surface area contributed by atoms with Crippen LogP contribution in [-0.4, -0.2) is 18.4 Å². The van der Waals surface area contributed by atoms with Gasteiger partial charge in [0.2, 0.25) is 0 Å². The number of ether oxygens (including phenoxy) is 1. The van der Waals surface area contributed by atoms with Crippen LogP contribution < -0.4 is 4.74 Å². The zero-order valence-electron chi connectivity index (χ0n) is 9.59. The highest BCUT2D eigenvalue weighted by atomic mass is 16.5. The Hall–Kier alpha value is -2.16. The molecule has 0 bridgehead atoms. The molecule has 3 heteroatoms. The molecule has 0 aliphatic heterocycles. The molecule has 0 aliphatic carbocycles. The van der Waals surface area contributed by atoms with Crippen LogP contribution in [-0.2, 0) is 6.42 Å². The van der Waals surface area contributed by atoms with Gasteiger partial charge < -0.3 is 4.74 Å². The van der Waals surface area contributed by atoms with Gasteiger partial charge in [0.1, 0.15) is 5.75 Å². The quantitative estimate of drug-likeness (QED) is 0.753. The van der Waals surface area contributed by atoms with Crippen LogP contribution >= 0.6 is 0 Å². The zero-order valence-corrected chi connectivity index (χ0v) is 9.59. The van der Waals surface area contributed by atoms with Crippen molar-refractivity contribution in [1.29, 1.82) is 0 Å². The number of aldehydes is 1. The molecule has 0 fully saturated rings. The fourth-order valence-corrected chi connectivity index (χ4v) is 1.72. The van der Waals surface area contributed by atoms with Crippen LogP contribution in [0.25, 0.3) is 0 Å². The Bertz CT molecular complexity index is 509. The molecule has 0 radical (unpaired) electrons. The van der Waals surface area contributed by atoms with E-state index in [1.165, 1.54) is 0 Å². The van der Waals surface area contributed by atoms with Gasteiger partial charge in [-0.1, -0.05) is 12.1 Å². The van der Waals surface area contributed by atoms with Crippen molar-refractivity contribution < 1.29 is 9.53 Å². The van der Waals surface area contributed by atoms with E-state index in [9.17, 15) is 4.79 Å². The van der Waals surface area contributed by atoms with Crippen molar-refractivity contribution in [3.63, 3.8) is 0 Å². The monoisotopic (exact) mass is 227 g/mol. The maximum atomic E-state index is 10.9. The van der Waals surface area contributed by atoms with Gasteiger partial charge in [-0.2, -0.15) is 0 Å². The summed E-state index contributed by atoms with van der Waals surface area (Å²) in [5, 5.41) is 0. The topological polar surface area (TPSA) is 39.2 Å². The SMILES string of the molecule is COc1ccc(Cc2cccnc2)cc1C=O. The number of benzene rings is 1. The molecule has 2 rings (SSSR count). The van der Waals surface area contributed by atoms with Gasteiger partial charge in [-0.05, 0) is 35.7 Å². The van der Waals surface area contributed by atoms with E-state index >= 15 is 0 Å². The van der Waals surface area contributed by atoms with Gasteiger partial charge in [0.05, 0.1) is 12.7 Å². The van der Waals surface area contributed by atoms with Gasteiger partial charge in [-0.25, -0.2) is 0 Å². The van der Waals surface area contributed by atoms with E-state index in [0.29, 0.717) is 11.3 Å². The van der Waals surface area contributed by atoms with Gasteiger partial charge in [0, 0.05) is 12.4 Å². The molecule has 0 spiro atoms. The lowest BCUT2D eigenvalue weighted by Crippen LogP contribution is -1.94. The number of nitrogens with zero attached hydrogens (tertiary/aromatic N) is 1. The summed E-state index contributed by atoms with van der Waals surface area (Å²) in [4.78, 5) is 15.0. The predicted molar refractivity (Wildman–Crippen MR) is 65.4 cm³/mol. The fraction of sp³-hybridized carbons (Fsp3) is 0.143. The lowest BCUT2D eigenvalue weighted by molar-refractivity contribution is 0.112. The highest BCUT2D eigenvalue weighted by Gasteiger charge is 2.04. The summed E-state index contributed by atoms with van der Waals surface area (Å²) in [6.07, 6.45) is 5.14. The summed E-state index contributed by atoms with van der Waals surface area (Å²) < 4.78 is 5.10. The molecule has 2 aromatic rings. The van der Waals surface area contributed by atoms with Crippen LogP contribution in [0.4, 0.5) is 0 Å². The normalized spacial score (nSPS) is 9.94. The zero-order chi connectivity index (χ0) is 12.1. The minimum Gasteiger partial charge on any atom is -0.496 e. The smallest absolute Gasteiger partial charge is 0.153 e. The molecule has 3 nitrogen and oxygen atoms in total. The molecule has 1 heterocycles. The maximum absolute atomic E-state index is 10.9. The van der Waals surface area contributed by atoms with Gasteiger partial charge >= 0.3 is 0 Å².